The van der Waals surface area contributed by atoms with E-state index in [0.717, 1.165) is 12.1 Å². The van der Waals surface area contributed by atoms with Crippen LogP contribution in [-0.4, -0.2) is 42.8 Å². The molecular formula is C13H16F4N2O. The summed E-state index contributed by atoms with van der Waals surface area (Å²) in [4.78, 5) is 1.78. The van der Waals surface area contributed by atoms with Crippen LogP contribution in [0.15, 0.2) is 18.2 Å². The molecule has 0 aliphatic carbocycles. The molecule has 2 N–H and O–H groups in total. The fraction of sp³-hybridized carbons (Fsp3) is 0.538. The molecular weight excluding hydrogens is 276 g/mol. The minimum absolute atomic E-state index is 0.0803. The molecule has 3 nitrogen and oxygen atoms in total. The quantitative estimate of drug-likeness (QED) is 0.834. The molecule has 0 aromatic heterocycles. The molecule has 0 radical (unpaired) electrons. The van der Waals surface area contributed by atoms with Crippen LogP contribution in [0.25, 0.3) is 0 Å². The Morgan fingerprint density at radius 1 is 1.25 bits per heavy atom. The largest absolute Gasteiger partial charge is 0.416 e. The van der Waals surface area contributed by atoms with Crippen LogP contribution in [0.2, 0.25) is 0 Å². The Morgan fingerprint density at radius 2 is 1.90 bits per heavy atom. The normalized spacial score (nSPS) is 19.1. The highest BCUT2D eigenvalue weighted by molar-refractivity contribution is 5.33. The Balaban J connectivity index is 2.38. The number of rotatable bonds is 3. The lowest BCUT2D eigenvalue weighted by molar-refractivity contribution is -0.139. The van der Waals surface area contributed by atoms with E-state index in [9.17, 15) is 22.7 Å². The third-order valence-electron chi connectivity index (χ3n) is 3.45. The molecule has 0 bridgehead atoms. The van der Waals surface area contributed by atoms with Gasteiger partial charge in [0.2, 0.25) is 0 Å². The van der Waals surface area contributed by atoms with E-state index in [1.165, 1.54) is 0 Å². The molecule has 1 heterocycles. The van der Waals surface area contributed by atoms with Gasteiger partial charge in [0, 0.05) is 26.2 Å². The smallest absolute Gasteiger partial charge is 0.394 e. The topological polar surface area (TPSA) is 35.5 Å². The molecule has 20 heavy (non-hydrogen) atoms. The van der Waals surface area contributed by atoms with Crippen molar-refractivity contribution in [2.75, 3.05) is 32.8 Å². The second-order valence-electron chi connectivity index (χ2n) is 4.71. The lowest BCUT2D eigenvalue weighted by atomic mass is 9.98. The summed E-state index contributed by atoms with van der Waals surface area (Å²) >= 11 is 0. The van der Waals surface area contributed by atoms with Crippen LogP contribution < -0.4 is 5.32 Å². The summed E-state index contributed by atoms with van der Waals surface area (Å²) in [5.74, 6) is -0.932. The van der Waals surface area contributed by atoms with E-state index < -0.39 is 30.2 Å². The maximum atomic E-state index is 13.1. The maximum Gasteiger partial charge on any atom is 0.416 e. The summed E-state index contributed by atoms with van der Waals surface area (Å²) in [5.41, 5.74) is -1.10. The zero-order chi connectivity index (χ0) is 14.8. The number of hydrogen-bond acceptors (Lipinski definition) is 3. The van der Waals surface area contributed by atoms with Crippen molar-refractivity contribution in [2.45, 2.75) is 12.2 Å². The van der Waals surface area contributed by atoms with Crippen molar-refractivity contribution in [2.24, 2.45) is 0 Å². The molecule has 7 heteroatoms. The summed E-state index contributed by atoms with van der Waals surface area (Å²) in [6, 6.07) is 1.82. The summed E-state index contributed by atoms with van der Waals surface area (Å²) in [5, 5.41) is 12.6. The number of alkyl halides is 3. The lowest BCUT2D eigenvalue weighted by Crippen LogP contribution is -2.46. The fourth-order valence-electron chi connectivity index (χ4n) is 2.47. The molecule has 1 aromatic rings. The molecule has 1 atom stereocenters. The molecule has 0 amide bonds. The molecule has 1 aromatic carbocycles. The first-order valence-electron chi connectivity index (χ1n) is 6.35. The van der Waals surface area contributed by atoms with Gasteiger partial charge in [-0.2, -0.15) is 13.2 Å². The standard InChI is InChI=1S/C13H16F4N2O/c14-9-1-2-10(11(7-9)13(15,16)17)12(8-20)19-5-3-18-4-6-19/h1-2,7,12,18,20H,3-6,8H2. The zero-order valence-electron chi connectivity index (χ0n) is 10.8. The van der Waals surface area contributed by atoms with E-state index in [4.69, 9.17) is 0 Å². The summed E-state index contributed by atoms with van der Waals surface area (Å²) in [6.45, 7) is 1.95. The van der Waals surface area contributed by atoms with Gasteiger partial charge in [0.05, 0.1) is 18.2 Å². The fourth-order valence-corrected chi connectivity index (χ4v) is 2.47. The molecule has 1 fully saturated rings. The van der Waals surface area contributed by atoms with Crippen molar-refractivity contribution in [3.63, 3.8) is 0 Å². The van der Waals surface area contributed by atoms with Gasteiger partial charge in [-0.1, -0.05) is 6.07 Å². The monoisotopic (exact) mass is 292 g/mol. The minimum atomic E-state index is -4.64. The molecule has 0 spiro atoms. The molecule has 1 unspecified atom stereocenters. The third-order valence-corrected chi connectivity index (χ3v) is 3.45. The van der Waals surface area contributed by atoms with E-state index in [1.807, 2.05) is 0 Å². The Morgan fingerprint density at radius 3 is 2.45 bits per heavy atom. The maximum absolute atomic E-state index is 13.1. The van der Waals surface area contributed by atoms with Crippen LogP contribution in [0.3, 0.4) is 0 Å². The van der Waals surface area contributed by atoms with Gasteiger partial charge in [0.1, 0.15) is 5.82 Å². The Bertz CT molecular complexity index is 458. The van der Waals surface area contributed by atoms with Crippen molar-refractivity contribution in [3.05, 3.63) is 35.1 Å². The molecule has 1 aliphatic heterocycles. The molecule has 2 rings (SSSR count). The predicted octanol–water partition coefficient (Wildman–Crippen LogP) is 1.78. The van der Waals surface area contributed by atoms with Gasteiger partial charge >= 0.3 is 6.18 Å². The molecule has 0 saturated carbocycles. The highest BCUT2D eigenvalue weighted by atomic mass is 19.4. The summed E-state index contributed by atoms with van der Waals surface area (Å²) in [6.07, 6.45) is -4.64. The zero-order valence-corrected chi connectivity index (χ0v) is 10.8. The number of aliphatic hydroxyl groups excluding tert-OH is 1. The van der Waals surface area contributed by atoms with Crippen molar-refractivity contribution >= 4 is 0 Å². The first kappa shape index (κ1) is 15.2. The van der Waals surface area contributed by atoms with Crippen LogP contribution in [0.4, 0.5) is 17.6 Å². The number of nitrogens with one attached hydrogen (secondary N) is 1. The Kier molecular flexibility index (Phi) is 4.62. The van der Waals surface area contributed by atoms with E-state index in [1.54, 1.807) is 4.90 Å². The summed E-state index contributed by atoms with van der Waals surface area (Å²) < 4.78 is 52.1. The number of piperazine rings is 1. The number of aliphatic hydroxyl groups is 1. The van der Waals surface area contributed by atoms with Gasteiger partial charge in [-0.05, 0) is 17.7 Å². The predicted molar refractivity (Wildman–Crippen MR) is 65.7 cm³/mol. The second kappa shape index (κ2) is 6.07. The van der Waals surface area contributed by atoms with Crippen LogP contribution in [0.5, 0.6) is 0 Å². The number of halogens is 4. The Labute approximate surface area is 114 Å². The average molecular weight is 292 g/mol. The second-order valence-corrected chi connectivity index (χ2v) is 4.71. The van der Waals surface area contributed by atoms with E-state index in [0.29, 0.717) is 32.2 Å². The highest BCUT2D eigenvalue weighted by Crippen LogP contribution is 2.36. The van der Waals surface area contributed by atoms with Crippen molar-refractivity contribution in [1.29, 1.82) is 0 Å². The molecule has 1 saturated heterocycles. The number of hydrogen-bond donors (Lipinski definition) is 2. The van der Waals surface area contributed by atoms with Gasteiger partial charge in [-0.15, -0.1) is 0 Å². The summed E-state index contributed by atoms with van der Waals surface area (Å²) in [7, 11) is 0. The Hall–Kier alpha value is -1.18. The first-order chi connectivity index (χ1) is 9.43. The van der Waals surface area contributed by atoms with E-state index in [2.05, 4.69) is 5.32 Å². The SMILES string of the molecule is OCC(c1ccc(F)cc1C(F)(F)F)N1CCNCC1. The van der Waals surface area contributed by atoms with Crippen molar-refractivity contribution in [1.82, 2.24) is 10.2 Å². The number of nitrogens with zero attached hydrogens (tertiary/aromatic N) is 1. The van der Waals surface area contributed by atoms with Gasteiger partial charge < -0.3 is 10.4 Å². The highest BCUT2D eigenvalue weighted by Gasteiger charge is 2.37. The first-order valence-corrected chi connectivity index (χ1v) is 6.35. The van der Waals surface area contributed by atoms with Gasteiger partial charge in [-0.25, -0.2) is 4.39 Å². The van der Waals surface area contributed by atoms with Gasteiger partial charge in [-0.3, -0.25) is 4.90 Å². The molecule has 1 aliphatic rings. The van der Waals surface area contributed by atoms with Crippen LogP contribution in [0, 0.1) is 5.82 Å². The van der Waals surface area contributed by atoms with Crippen molar-refractivity contribution < 1.29 is 22.7 Å². The van der Waals surface area contributed by atoms with E-state index >= 15 is 0 Å². The van der Waals surface area contributed by atoms with Gasteiger partial charge in [0.25, 0.3) is 0 Å². The average Bonchev–Trinajstić information content (AvgIpc) is 2.41. The van der Waals surface area contributed by atoms with Crippen molar-refractivity contribution in [3.8, 4) is 0 Å². The minimum Gasteiger partial charge on any atom is -0.394 e. The van der Waals surface area contributed by atoms with Crippen LogP contribution >= 0.6 is 0 Å². The number of benzene rings is 1. The van der Waals surface area contributed by atoms with Gasteiger partial charge in [0.15, 0.2) is 0 Å². The third kappa shape index (κ3) is 3.28. The van der Waals surface area contributed by atoms with Crippen LogP contribution in [0.1, 0.15) is 17.2 Å². The van der Waals surface area contributed by atoms with E-state index in [-0.39, 0.29) is 5.56 Å². The van der Waals surface area contributed by atoms with Crippen LogP contribution in [-0.2, 0) is 6.18 Å². The molecule has 112 valence electrons. The lowest BCUT2D eigenvalue weighted by Gasteiger charge is -2.35.